The van der Waals surface area contributed by atoms with Crippen molar-refractivity contribution >= 4 is 11.6 Å². The van der Waals surface area contributed by atoms with Crippen LogP contribution in [0.5, 0.6) is 11.5 Å². The third-order valence-electron chi connectivity index (χ3n) is 3.76. The molecule has 2 N–H and O–H groups in total. The summed E-state index contributed by atoms with van der Waals surface area (Å²) < 4.78 is 16.4. The maximum Gasteiger partial charge on any atom is 0.146 e. The zero-order valence-electron chi connectivity index (χ0n) is 11.5. The summed E-state index contributed by atoms with van der Waals surface area (Å²) in [6.45, 7) is 2.78. The lowest BCUT2D eigenvalue weighted by Gasteiger charge is -2.31. The Morgan fingerprint density at radius 2 is 2.11 bits per heavy atom. The van der Waals surface area contributed by atoms with Crippen LogP contribution in [0.1, 0.15) is 31.4 Å². The summed E-state index contributed by atoms with van der Waals surface area (Å²) in [5.74, 6) is 1.14. The van der Waals surface area contributed by atoms with Crippen LogP contribution in [0, 0.1) is 0 Å². The van der Waals surface area contributed by atoms with Gasteiger partial charge in [0.1, 0.15) is 16.5 Å². The summed E-state index contributed by atoms with van der Waals surface area (Å²) in [7, 11) is 3.15. The second kappa shape index (κ2) is 5.57. The lowest BCUT2D eigenvalue weighted by Crippen LogP contribution is -2.37. The van der Waals surface area contributed by atoms with E-state index in [0.717, 1.165) is 25.0 Å². The first-order valence-electron chi connectivity index (χ1n) is 6.33. The highest BCUT2D eigenvalue weighted by Crippen LogP contribution is 2.44. The van der Waals surface area contributed by atoms with Gasteiger partial charge in [0.05, 0.1) is 25.9 Å². The average molecular weight is 286 g/mol. The first kappa shape index (κ1) is 14.4. The van der Waals surface area contributed by atoms with E-state index in [-0.39, 0.29) is 11.6 Å². The summed E-state index contributed by atoms with van der Waals surface area (Å²) in [5.41, 5.74) is 6.84. The fourth-order valence-electron chi connectivity index (χ4n) is 2.54. The lowest BCUT2D eigenvalue weighted by molar-refractivity contribution is -0.00227. The van der Waals surface area contributed by atoms with Crippen molar-refractivity contribution in [1.82, 2.24) is 0 Å². The SMILES string of the molecule is COc1ccc(C(N)C2(C)CCCO2)c(OC)c1Cl. The Morgan fingerprint density at radius 1 is 1.37 bits per heavy atom. The Balaban J connectivity index is 2.41. The van der Waals surface area contributed by atoms with Crippen LogP contribution in [0.3, 0.4) is 0 Å². The first-order chi connectivity index (χ1) is 9.03. The van der Waals surface area contributed by atoms with E-state index in [1.807, 2.05) is 13.0 Å². The molecule has 106 valence electrons. The van der Waals surface area contributed by atoms with E-state index in [9.17, 15) is 0 Å². The molecular formula is C14H20ClNO3. The van der Waals surface area contributed by atoms with Crippen LogP contribution in [0.25, 0.3) is 0 Å². The Labute approximate surface area is 118 Å². The van der Waals surface area contributed by atoms with Crippen LogP contribution < -0.4 is 15.2 Å². The average Bonchev–Trinajstić information content (AvgIpc) is 2.85. The molecule has 1 aromatic carbocycles. The summed E-state index contributed by atoms with van der Waals surface area (Å²) in [4.78, 5) is 0. The van der Waals surface area contributed by atoms with Crippen molar-refractivity contribution in [3.63, 3.8) is 0 Å². The number of hydrogen-bond donors (Lipinski definition) is 1. The van der Waals surface area contributed by atoms with Gasteiger partial charge in [0.25, 0.3) is 0 Å². The van der Waals surface area contributed by atoms with Gasteiger partial charge >= 0.3 is 0 Å². The number of benzene rings is 1. The van der Waals surface area contributed by atoms with E-state index in [1.54, 1.807) is 20.3 Å². The van der Waals surface area contributed by atoms with E-state index in [2.05, 4.69) is 0 Å². The number of nitrogens with two attached hydrogens (primary N) is 1. The van der Waals surface area contributed by atoms with Crippen molar-refractivity contribution in [3.05, 3.63) is 22.7 Å². The number of halogens is 1. The van der Waals surface area contributed by atoms with Crippen LogP contribution >= 0.6 is 11.6 Å². The second-order valence-corrected chi connectivity index (χ2v) is 5.32. The van der Waals surface area contributed by atoms with Gasteiger partial charge in [-0.25, -0.2) is 0 Å². The molecule has 0 aromatic heterocycles. The minimum absolute atomic E-state index is 0.284. The molecule has 0 saturated carbocycles. The topological polar surface area (TPSA) is 53.7 Å². The molecule has 1 heterocycles. The molecule has 1 saturated heterocycles. The van der Waals surface area contributed by atoms with Crippen LogP contribution in [-0.2, 0) is 4.74 Å². The lowest BCUT2D eigenvalue weighted by atomic mass is 9.88. The number of methoxy groups -OCH3 is 2. The summed E-state index contributed by atoms with van der Waals surface area (Å²) in [5, 5.41) is 0.444. The molecule has 0 spiro atoms. The molecule has 0 bridgehead atoms. The van der Waals surface area contributed by atoms with Gasteiger partial charge in [0.15, 0.2) is 0 Å². The molecule has 5 heteroatoms. The number of rotatable bonds is 4. The van der Waals surface area contributed by atoms with E-state index in [0.29, 0.717) is 16.5 Å². The molecule has 19 heavy (non-hydrogen) atoms. The predicted molar refractivity (Wildman–Crippen MR) is 75.1 cm³/mol. The third kappa shape index (κ3) is 2.53. The number of ether oxygens (including phenoxy) is 3. The van der Waals surface area contributed by atoms with Gasteiger partial charge in [0, 0.05) is 12.2 Å². The molecule has 0 amide bonds. The van der Waals surface area contributed by atoms with Gasteiger partial charge in [-0.3, -0.25) is 0 Å². The van der Waals surface area contributed by atoms with Crippen molar-refractivity contribution < 1.29 is 14.2 Å². The Morgan fingerprint density at radius 3 is 2.63 bits per heavy atom. The van der Waals surface area contributed by atoms with Gasteiger partial charge < -0.3 is 19.9 Å². The highest BCUT2D eigenvalue weighted by molar-refractivity contribution is 6.33. The third-order valence-corrected chi connectivity index (χ3v) is 4.12. The summed E-state index contributed by atoms with van der Waals surface area (Å²) in [6.07, 6.45) is 1.96. The zero-order chi connectivity index (χ0) is 14.0. The van der Waals surface area contributed by atoms with Crippen molar-refractivity contribution in [3.8, 4) is 11.5 Å². The molecule has 1 aliphatic heterocycles. The Hall–Kier alpha value is -0.970. The largest absolute Gasteiger partial charge is 0.495 e. The minimum Gasteiger partial charge on any atom is -0.495 e. The normalized spacial score (nSPS) is 24.3. The van der Waals surface area contributed by atoms with E-state index in [1.165, 1.54) is 0 Å². The smallest absolute Gasteiger partial charge is 0.146 e. The first-order valence-corrected chi connectivity index (χ1v) is 6.71. The van der Waals surface area contributed by atoms with Crippen LogP contribution in [0.4, 0.5) is 0 Å². The molecule has 2 rings (SSSR count). The quantitative estimate of drug-likeness (QED) is 0.924. The molecule has 2 atom stereocenters. The molecular weight excluding hydrogens is 266 g/mol. The molecule has 1 aliphatic rings. The minimum atomic E-state index is -0.370. The van der Waals surface area contributed by atoms with Crippen LogP contribution in [0.15, 0.2) is 12.1 Å². The van der Waals surface area contributed by atoms with Crippen LogP contribution in [0.2, 0.25) is 5.02 Å². The van der Waals surface area contributed by atoms with Crippen molar-refractivity contribution in [2.75, 3.05) is 20.8 Å². The summed E-state index contributed by atoms with van der Waals surface area (Å²) >= 11 is 6.26. The molecule has 4 nitrogen and oxygen atoms in total. The molecule has 0 aliphatic carbocycles. The standard InChI is InChI=1S/C14H20ClNO3/c1-14(7-4-8-19-14)13(16)9-5-6-10(17-2)11(15)12(9)18-3/h5-6,13H,4,7-8,16H2,1-3H3. The van der Waals surface area contributed by atoms with Gasteiger partial charge in [-0.1, -0.05) is 11.6 Å². The predicted octanol–water partition coefficient (Wildman–Crippen LogP) is 2.93. The van der Waals surface area contributed by atoms with E-state index < -0.39 is 0 Å². The molecule has 0 radical (unpaired) electrons. The molecule has 2 unspecified atom stereocenters. The number of hydrogen-bond acceptors (Lipinski definition) is 4. The zero-order valence-corrected chi connectivity index (χ0v) is 12.3. The van der Waals surface area contributed by atoms with Crippen molar-refractivity contribution in [2.24, 2.45) is 5.73 Å². The monoisotopic (exact) mass is 285 g/mol. The highest BCUT2D eigenvalue weighted by atomic mass is 35.5. The maximum absolute atomic E-state index is 6.37. The van der Waals surface area contributed by atoms with Gasteiger partial charge in [-0.15, -0.1) is 0 Å². The van der Waals surface area contributed by atoms with Crippen LogP contribution in [-0.4, -0.2) is 26.4 Å². The maximum atomic E-state index is 6.37. The van der Waals surface area contributed by atoms with Crippen molar-refractivity contribution in [1.29, 1.82) is 0 Å². The molecule has 1 aromatic rings. The molecule has 1 fully saturated rings. The van der Waals surface area contributed by atoms with Gasteiger partial charge in [-0.05, 0) is 31.9 Å². The van der Waals surface area contributed by atoms with E-state index in [4.69, 9.17) is 31.5 Å². The van der Waals surface area contributed by atoms with Gasteiger partial charge in [0.2, 0.25) is 0 Å². The Kier molecular flexibility index (Phi) is 4.23. The van der Waals surface area contributed by atoms with Crippen molar-refractivity contribution in [2.45, 2.75) is 31.4 Å². The highest BCUT2D eigenvalue weighted by Gasteiger charge is 2.38. The van der Waals surface area contributed by atoms with Gasteiger partial charge in [-0.2, -0.15) is 0 Å². The fraction of sp³-hybridized carbons (Fsp3) is 0.571. The van der Waals surface area contributed by atoms with E-state index >= 15 is 0 Å². The Bertz CT molecular complexity index is 458. The summed E-state index contributed by atoms with van der Waals surface area (Å²) in [6, 6.07) is 3.41. The second-order valence-electron chi connectivity index (χ2n) is 4.95. The fourth-order valence-corrected chi connectivity index (χ4v) is 2.86.